The third-order valence-corrected chi connectivity index (χ3v) is 4.09. The quantitative estimate of drug-likeness (QED) is 0.913. The Labute approximate surface area is 128 Å². The molecule has 1 aliphatic heterocycles. The highest BCUT2D eigenvalue weighted by Gasteiger charge is 2.40. The summed E-state index contributed by atoms with van der Waals surface area (Å²) < 4.78 is 0. The molecule has 0 fully saturated rings. The molecule has 0 saturated heterocycles. The maximum atomic E-state index is 12.9. The monoisotopic (exact) mass is 298 g/mol. The summed E-state index contributed by atoms with van der Waals surface area (Å²) in [5, 5.41) is 9.50. The van der Waals surface area contributed by atoms with Gasteiger partial charge in [-0.2, -0.15) is 5.10 Å². The van der Waals surface area contributed by atoms with Gasteiger partial charge in [-0.05, 0) is 24.1 Å². The summed E-state index contributed by atoms with van der Waals surface area (Å²) in [6.45, 7) is 3.98. The molecule has 6 heteroatoms. The molecule has 0 saturated carbocycles. The first-order valence-electron chi connectivity index (χ1n) is 7.36. The van der Waals surface area contributed by atoms with Gasteiger partial charge in [0.1, 0.15) is 6.04 Å². The van der Waals surface area contributed by atoms with Crippen LogP contribution in [0.25, 0.3) is 0 Å². The van der Waals surface area contributed by atoms with E-state index in [0.717, 1.165) is 6.42 Å². The normalized spacial score (nSPS) is 18.5. The van der Waals surface area contributed by atoms with Crippen LogP contribution in [-0.2, 0) is 4.79 Å². The number of amides is 2. The molecule has 2 amide bonds. The number of aromatic nitrogens is 2. The van der Waals surface area contributed by atoms with Crippen LogP contribution in [0, 0.1) is 5.92 Å². The molecule has 2 heterocycles. The molecule has 0 aliphatic carbocycles. The maximum Gasteiger partial charge on any atom is 0.279 e. The van der Waals surface area contributed by atoms with Crippen LogP contribution >= 0.6 is 0 Å². The van der Waals surface area contributed by atoms with Gasteiger partial charge in [0.2, 0.25) is 5.91 Å². The second-order valence-corrected chi connectivity index (χ2v) is 5.47. The lowest BCUT2D eigenvalue weighted by Gasteiger charge is -2.38. The van der Waals surface area contributed by atoms with Crippen LogP contribution in [0.15, 0.2) is 36.5 Å². The van der Waals surface area contributed by atoms with Gasteiger partial charge in [0.15, 0.2) is 5.69 Å². The number of aromatic amines is 1. The van der Waals surface area contributed by atoms with Crippen LogP contribution in [0.5, 0.6) is 0 Å². The lowest BCUT2D eigenvalue weighted by molar-refractivity contribution is -0.118. The zero-order chi connectivity index (χ0) is 15.7. The summed E-state index contributed by atoms with van der Waals surface area (Å²) in [5.41, 5.74) is 1.66. The predicted molar refractivity (Wildman–Crippen MR) is 83.7 cm³/mol. The number of H-pyrrole nitrogens is 1. The van der Waals surface area contributed by atoms with E-state index in [2.05, 4.69) is 15.5 Å². The van der Waals surface area contributed by atoms with Crippen molar-refractivity contribution in [1.82, 2.24) is 10.2 Å². The molecule has 1 aliphatic rings. The van der Waals surface area contributed by atoms with E-state index >= 15 is 0 Å². The number of rotatable bonds is 3. The minimum Gasteiger partial charge on any atom is -0.322 e. The molecular formula is C16H18N4O2. The Kier molecular flexibility index (Phi) is 3.66. The lowest BCUT2D eigenvalue weighted by atomic mass is 9.93. The summed E-state index contributed by atoms with van der Waals surface area (Å²) in [6, 6.07) is 8.41. The summed E-state index contributed by atoms with van der Waals surface area (Å²) in [5.74, 6) is -0.387. The Balaban J connectivity index is 2.11. The number of carbonyl (C=O) groups is 2. The van der Waals surface area contributed by atoms with E-state index in [1.165, 1.54) is 0 Å². The molecule has 114 valence electrons. The molecule has 0 spiro atoms. The van der Waals surface area contributed by atoms with Gasteiger partial charge in [-0.3, -0.25) is 19.6 Å². The minimum atomic E-state index is -0.538. The number of anilines is 2. The molecule has 2 N–H and O–H groups in total. The largest absolute Gasteiger partial charge is 0.322 e. The van der Waals surface area contributed by atoms with E-state index in [0.29, 0.717) is 17.1 Å². The third-order valence-electron chi connectivity index (χ3n) is 4.09. The smallest absolute Gasteiger partial charge is 0.279 e. The number of carbonyl (C=O) groups excluding carboxylic acids is 2. The van der Waals surface area contributed by atoms with Crippen LogP contribution in [-0.4, -0.2) is 28.1 Å². The number of nitrogens with zero attached hydrogens (tertiary/aromatic N) is 2. The fourth-order valence-corrected chi connectivity index (χ4v) is 2.74. The fraction of sp³-hybridized carbons (Fsp3) is 0.312. The summed E-state index contributed by atoms with van der Waals surface area (Å²) >= 11 is 0. The van der Waals surface area contributed by atoms with Gasteiger partial charge in [0, 0.05) is 6.20 Å². The van der Waals surface area contributed by atoms with Crippen LogP contribution in [0.4, 0.5) is 11.4 Å². The van der Waals surface area contributed by atoms with Crippen molar-refractivity contribution in [2.24, 2.45) is 5.92 Å². The van der Waals surface area contributed by atoms with Crippen LogP contribution in [0.2, 0.25) is 0 Å². The number of benzene rings is 1. The lowest BCUT2D eigenvalue weighted by Crippen LogP contribution is -2.54. The van der Waals surface area contributed by atoms with Crippen LogP contribution < -0.4 is 10.2 Å². The highest BCUT2D eigenvalue weighted by molar-refractivity contribution is 6.16. The Morgan fingerprint density at radius 2 is 2.14 bits per heavy atom. The van der Waals surface area contributed by atoms with Gasteiger partial charge in [-0.15, -0.1) is 0 Å². The molecule has 2 atom stereocenters. The molecule has 22 heavy (non-hydrogen) atoms. The minimum absolute atomic E-state index is 0.0382. The zero-order valence-electron chi connectivity index (χ0n) is 12.5. The molecule has 3 rings (SSSR count). The van der Waals surface area contributed by atoms with Gasteiger partial charge in [-0.1, -0.05) is 32.4 Å². The standard InChI is InChI=1S/C16H18N4O2/c1-3-10(2)14-15(21)18-11-6-4-5-7-13(11)20(14)16(22)12-8-9-17-19-12/h4-10,14H,3H2,1-2H3,(H,17,19)(H,18,21)/t10-,14-/m0/s1. The SMILES string of the molecule is CC[C@H](C)[C@H]1C(=O)Nc2ccccc2N1C(=O)c1cc[nH]n1. The number of fused-ring (bicyclic) bond motifs is 1. The average molecular weight is 298 g/mol. The van der Waals surface area contributed by atoms with Crippen LogP contribution in [0.3, 0.4) is 0 Å². The summed E-state index contributed by atoms with van der Waals surface area (Å²) in [7, 11) is 0. The first kappa shape index (κ1) is 14.3. The van der Waals surface area contributed by atoms with Crippen molar-refractivity contribution in [3.63, 3.8) is 0 Å². The fourth-order valence-electron chi connectivity index (χ4n) is 2.74. The van der Waals surface area contributed by atoms with Crippen molar-refractivity contribution >= 4 is 23.2 Å². The van der Waals surface area contributed by atoms with Gasteiger partial charge < -0.3 is 5.32 Å². The molecule has 0 bridgehead atoms. The molecule has 1 aromatic heterocycles. The molecular weight excluding hydrogens is 280 g/mol. The highest BCUT2D eigenvalue weighted by atomic mass is 16.2. The Hall–Kier alpha value is -2.63. The number of nitrogens with one attached hydrogen (secondary N) is 2. The van der Waals surface area contributed by atoms with Crippen molar-refractivity contribution in [3.05, 3.63) is 42.2 Å². The van der Waals surface area contributed by atoms with E-state index in [4.69, 9.17) is 0 Å². The molecule has 1 aromatic carbocycles. The number of hydrogen-bond acceptors (Lipinski definition) is 3. The maximum absolute atomic E-state index is 12.9. The highest BCUT2D eigenvalue weighted by Crippen LogP contribution is 2.35. The zero-order valence-corrected chi connectivity index (χ0v) is 12.5. The summed E-state index contributed by atoms with van der Waals surface area (Å²) in [6.07, 6.45) is 2.39. The average Bonchev–Trinajstić information content (AvgIpc) is 3.06. The molecule has 0 unspecified atom stereocenters. The Bertz CT molecular complexity index is 696. The van der Waals surface area contributed by atoms with E-state index in [1.807, 2.05) is 32.0 Å². The van der Waals surface area contributed by atoms with Crippen molar-refractivity contribution < 1.29 is 9.59 Å². The van der Waals surface area contributed by atoms with Crippen molar-refractivity contribution in [1.29, 1.82) is 0 Å². The van der Waals surface area contributed by atoms with Gasteiger partial charge >= 0.3 is 0 Å². The van der Waals surface area contributed by atoms with Crippen molar-refractivity contribution in [2.75, 3.05) is 10.2 Å². The predicted octanol–water partition coefficient (Wildman–Crippen LogP) is 2.42. The molecule has 0 radical (unpaired) electrons. The van der Waals surface area contributed by atoms with Crippen molar-refractivity contribution in [3.8, 4) is 0 Å². The van der Waals surface area contributed by atoms with Gasteiger partial charge in [0.05, 0.1) is 11.4 Å². The van der Waals surface area contributed by atoms with Crippen molar-refractivity contribution in [2.45, 2.75) is 26.3 Å². The summed E-state index contributed by atoms with van der Waals surface area (Å²) in [4.78, 5) is 26.9. The Morgan fingerprint density at radius 3 is 2.82 bits per heavy atom. The van der Waals surface area contributed by atoms with E-state index in [1.54, 1.807) is 23.2 Å². The first-order chi connectivity index (χ1) is 10.6. The molecule has 6 nitrogen and oxygen atoms in total. The topological polar surface area (TPSA) is 78.1 Å². The second-order valence-electron chi connectivity index (χ2n) is 5.47. The number of para-hydroxylation sites is 2. The van der Waals surface area contributed by atoms with E-state index < -0.39 is 6.04 Å². The van der Waals surface area contributed by atoms with Crippen LogP contribution in [0.1, 0.15) is 30.8 Å². The number of hydrogen-bond donors (Lipinski definition) is 2. The Morgan fingerprint density at radius 1 is 1.36 bits per heavy atom. The molecule has 2 aromatic rings. The van der Waals surface area contributed by atoms with E-state index in [-0.39, 0.29) is 17.7 Å². The van der Waals surface area contributed by atoms with Gasteiger partial charge in [0.25, 0.3) is 5.91 Å². The first-order valence-corrected chi connectivity index (χ1v) is 7.36. The van der Waals surface area contributed by atoms with Gasteiger partial charge in [-0.25, -0.2) is 0 Å². The third kappa shape index (κ3) is 2.26. The van der Waals surface area contributed by atoms with E-state index in [9.17, 15) is 9.59 Å². The second kappa shape index (κ2) is 5.63.